The second-order valence-electron chi connectivity index (χ2n) is 10.8. The zero-order valence-corrected chi connectivity index (χ0v) is 17.5. The summed E-state index contributed by atoms with van der Waals surface area (Å²) in [6, 6.07) is 0. The molecule has 27 heavy (non-hydrogen) atoms. The maximum absolute atomic E-state index is 10.0. The summed E-state index contributed by atoms with van der Waals surface area (Å²) in [6.45, 7) is 0.874. The highest BCUT2D eigenvalue weighted by Gasteiger charge is 2.42. The molecule has 4 rings (SSSR count). The molecular weight excluding hydrogens is 332 g/mol. The molecule has 2 nitrogen and oxygen atoms in total. The predicted molar refractivity (Wildman–Crippen MR) is 111 cm³/mol. The minimum absolute atomic E-state index is 0.436. The van der Waals surface area contributed by atoms with E-state index in [-0.39, 0.29) is 0 Å². The van der Waals surface area contributed by atoms with Crippen LogP contribution in [0.2, 0.25) is 0 Å². The lowest BCUT2D eigenvalue weighted by molar-refractivity contribution is 0.00394. The largest absolute Gasteiger partial charge is 0.396 e. The van der Waals surface area contributed by atoms with Gasteiger partial charge in [-0.2, -0.15) is 0 Å². The third-order valence-corrected chi connectivity index (χ3v) is 9.58. The lowest BCUT2D eigenvalue weighted by Crippen LogP contribution is -2.39. The lowest BCUT2D eigenvalue weighted by Gasteiger charge is -2.47. The Bertz CT molecular complexity index is 434. The fourth-order valence-electron chi connectivity index (χ4n) is 7.50. The Morgan fingerprint density at radius 3 is 1.59 bits per heavy atom. The fraction of sp³-hybridized carbons (Fsp3) is 1.00. The van der Waals surface area contributed by atoms with Crippen LogP contribution in [0.3, 0.4) is 0 Å². The minimum Gasteiger partial charge on any atom is -0.396 e. The average molecular weight is 377 g/mol. The first-order valence-electron chi connectivity index (χ1n) is 12.5. The first-order chi connectivity index (χ1) is 13.3. The lowest BCUT2D eigenvalue weighted by atomic mass is 9.59. The minimum atomic E-state index is 0.436. The second kappa shape index (κ2) is 9.61. The van der Waals surface area contributed by atoms with E-state index in [9.17, 15) is 10.2 Å². The van der Waals surface area contributed by atoms with Crippen LogP contribution in [0.15, 0.2) is 0 Å². The molecule has 4 unspecified atom stereocenters. The maximum Gasteiger partial charge on any atom is 0.0464 e. The van der Waals surface area contributed by atoms with Gasteiger partial charge in [-0.25, -0.2) is 0 Å². The standard InChI is InChI=1S/C25H44O2/c26-16-24(20-9-5-10-20)21-11-4-8-18(12-13-21)22-14-23(15-22)25(17-27)19-6-2-1-3-7-19/h18-27H,1-17H2. The van der Waals surface area contributed by atoms with E-state index < -0.39 is 0 Å². The second-order valence-corrected chi connectivity index (χ2v) is 10.8. The van der Waals surface area contributed by atoms with Crippen molar-refractivity contribution in [1.29, 1.82) is 0 Å². The van der Waals surface area contributed by atoms with E-state index in [4.69, 9.17) is 0 Å². The predicted octanol–water partition coefficient (Wildman–Crippen LogP) is 5.81. The Kier molecular flexibility index (Phi) is 7.19. The Morgan fingerprint density at radius 1 is 0.481 bits per heavy atom. The van der Waals surface area contributed by atoms with Gasteiger partial charge in [0, 0.05) is 13.2 Å². The van der Waals surface area contributed by atoms with Crippen LogP contribution in [0.5, 0.6) is 0 Å². The van der Waals surface area contributed by atoms with Crippen LogP contribution in [0.25, 0.3) is 0 Å². The highest BCUT2D eigenvalue weighted by atomic mass is 16.3. The van der Waals surface area contributed by atoms with Gasteiger partial charge in [0.2, 0.25) is 0 Å². The van der Waals surface area contributed by atoms with Gasteiger partial charge < -0.3 is 10.2 Å². The van der Waals surface area contributed by atoms with E-state index in [0.29, 0.717) is 25.0 Å². The van der Waals surface area contributed by atoms with Crippen molar-refractivity contribution in [3.05, 3.63) is 0 Å². The quantitative estimate of drug-likeness (QED) is 0.551. The van der Waals surface area contributed by atoms with Crippen LogP contribution in [0.4, 0.5) is 0 Å². The Morgan fingerprint density at radius 2 is 1.00 bits per heavy atom. The fourth-order valence-corrected chi connectivity index (χ4v) is 7.50. The van der Waals surface area contributed by atoms with Crippen molar-refractivity contribution in [1.82, 2.24) is 0 Å². The van der Waals surface area contributed by atoms with E-state index in [0.717, 1.165) is 35.5 Å². The number of rotatable bonds is 7. The van der Waals surface area contributed by atoms with Crippen LogP contribution in [0, 0.1) is 47.3 Å². The van der Waals surface area contributed by atoms with Crippen LogP contribution in [0.1, 0.15) is 96.3 Å². The maximum atomic E-state index is 10.0. The van der Waals surface area contributed by atoms with Crippen LogP contribution in [-0.4, -0.2) is 23.4 Å². The molecule has 0 aliphatic heterocycles. The molecule has 0 radical (unpaired) electrons. The van der Waals surface area contributed by atoms with Crippen molar-refractivity contribution in [3.8, 4) is 0 Å². The molecule has 0 aromatic carbocycles. The first-order valence-corrected chi connectivity index (χ1v) is 12.5. The summed E-state index contributed by atoms with van der Waals surface area (Å²) in [5.74, 6) is 6.39. The van der Waals surface area contributed by atoms with E-state index in [1.807, 2.05) is 0 Å². The SMILES string of the molecule is OCC(C1CCC1)C1CCCC(C2CC(C(CO)C3CCCCC3)C2)CC1. The molecule has 0 saturated heterocycles. The molecule has 4 saturated carbocycles. The summed E-state index contributed by atoms with van der Waals surface area (Å²) in [5, 5.41) is 20.0. The summed E-state index contributed by atoms with van der Waals surface area (Å²) in [5.41, 5.74) is 0. The number of hydrogen-bond acceptors (Lipinski definition) is 2. The first kappa shape index (κ1) is 20.2. The van der Waals surface area contributed by atoms with Crippen molar-refractivity contribution in [2.45, 2.75) is 96.3 Å². The zero-order chi connectivity index (χ0) is 18.6. The molecule has 0 bridgehead atoms. The summed E-state index contributed by atoms with van der Waals surface area (Å²) >= 11 is 0. The van der Waals surface area contributed by atoms with Crippen molar-refractivity contribution < 1.29 is 10.2 Å². The Labute approximate surface area is 167 Å². The molecule has 4 aliphatic rings. The summed E-state index contributed by atoms with van der Waals surface area (Å²) < 4.78 is 0. The highest BCUT2D eigenvalue weighted by molar-refractivity contribution is 4.92. The van der Waals surface area contributed by atoms with Crippen LogP contribution < -0.4 is 0 Å². The molecule has 0 spiro atoms. The van der Waals surface area contributed by atoms with Gasteiger partial charge >= 0.3 is 0 Å². The number of aliphatic hydroxyl groups excluding tert-OH is 2. The third-order valence-electron chi connectivity index (χ3n) is 9.58. The van der Waals surface area contributed by atoms with E-state index >= 15 is 0 Å². The smallest absolute Gasteiger partial charge is 0.0464 e. The molecule has 0 amide bonds. The molecule has 2 heteroatoms. The van der Waals surface area contributed by atoms with Crippen LogP contribution >= 0.6 is 0 Å². The summed E-state index contributed by atoms with van der Waals surface area (Å²) in [4.78, 5) is 0. The summed E-state index contributed by atoms with van der Waals surface area (Å²) in [7, 11) is 0. The van der Waals surface area contributed by atoms with Gasteiger partial charge in [0.25, 0.3) is 0 Å². The van der Waals surface area contributed by atoms with Gasteiger partial charge in [0.15, 0.2) is 0 Å². The third kappa shape index (κ3) is 4.58. The highest BCUT2D eigenvalue weighted by Crippen LogP contribution is 2.51. The monoisotopic (exact) mass is 376 g/mol. The Balaban J connectivity index is 1.24. The molecule has 4 aliphatic carbocycles. The molecule has 0 aromatic rings. The van der Waals surface area contributed by atoms with Gasteiger partial charge in [0.1, 0.15) is 0 Å². The molecule has 0 heterocycles. The molecular formula is C25H44O2. The van der Waals surface area contributed by atoms with Gasteiger partial charge in [-0.05, 0) is 73.0 Å². The van der Waals surface area contributed by atoms with Crippen molar-refractivity contribution in [2.24, 2.45) is 47.3 Å². The van der Waals surface area contributed by atoms with Crippen molar-refractivity contribution in [3.63, 3.8) is 0 Å². The number of hydrogen-bond donors (Lipinski definition) is 2. The van der Waals surface area contributed by atoms with Gasteiger partial charge in [-0.3, -0.25) is 0 Å². The van der Waals surface area contributed by atoms with E-state index in [1.54, 1.807) is 0 Å². The van der Waals surface area contributed by atoms with Crippen LogP contribution in [-0.2, 0) is 0 Å². The molecule has 4 fully saturated rings. The topological polar surface area (TPSA) is 40.5 Å². The molecule has 0 aromatic heterocycles. The molecule has 156 valence electrons. The van der Waals surface area contributed by atoms with Crippen molar-refractivity contribution >= 4 is 0 Å². The van der Waals surface area contributed by atoms with E-state index in [2.05, 4.69) is 0 Å². The normalized spacial score (nSPS) is 38.4. The van der Waals surface area contributed by atoms with Gasteiger partial charge in [-0.1, -0.05) is 70.6 Å². The van der Waals surface area contributed by atoms with Gasteiger partial charge in [0.05, 0.1) is 0 Å². The molecule has 2 N–H and O–H groups in total. The number of aliphatic hydroxyl groups is 2. The average Bonchev–Trinajstić information content (AvgIpc) is 2.87. The van der Waals surface area contributed by atoms with E-state index in [1.165, 1.54) is 96.3 Å². The van der Waals surface area contributed by atoms with Crippen molar-refractivity contribution in [2.75, 3.05) is 13.2 Å². The zero-order valence-electron chi connectivity index (χ0n) is 17.5. The van der Waals surface area contributed by atoms with Gasteiger partial charge in [-0.15, -0.1) is 0 Å². The summed E-state index contributed by atoms with van der Waals surface area (Å²) in [6.07, 6.45) is 20.9. The molecule has 4 atom stereocenters. The Hall–Kier alpha value is -0.0800.